The predicted octanol–water partition coefficient (Wildman–Crippen LogP) is 1.94. The second kappa shape index (κ2) is 5.09. The third-order valence-corrected chi connectivity index (χ3v) is 2.32. The van der Waals surface area contributed by atoms with E-state index in [9.17, 15) is 4.21 Å². The molecule has 0 radical (unpaired) electrons. The Morgan fingerprint density at radius 3 is 2.86 bits per heavy atom. The summed E-state index contributed by atoms with van der Waals surface area (Å²) in [5, 5.41) is 2.98. The molecule has 0 heterocycles. The van der Waals surface area contributed by atoms with E-state index in [0.717, 1.165) is 11.3 Å². The lowest BCUT2D eigenvalue weighted by molar-refractivity contribution is 0.227. The summed E-state index contributed by atoms with van der Waals surface area (Å²) in [6.45, 7) is 1.73. The van der Waals surface area contributed by atoms with Crippen LogP contribution in [-0.2, 0) is 15.5 Å². The first kappa shape index (κ1) is 11.2. The zero-order chi connectivity index (χ0) is 10.6. The van der Waals surface area contributed by atoms with E-state index in [2.05, 4.69) is 5.32 Å². The number of hydrogen-bond acceptors (Lipinski definition) is 3. The number of benzene rings is 1. The molecule has 1 rings (SSSR count). The third kappa shape index (κ3) is 3.10. The maximum atomic E-state index is 10.4. The van der Waals surface area contributed by atoms with Crippen molar-refractivity contribution in [1.82, 2.24) is 0 Å². The van der Waals surface area contributed by atoms with Gasteiger partial charge in [0, 0.05) is 12.7 Å². The molecule has 1 aromatic carbocycles. The first-order chi connectivity index (χ1) is 6.63. The topological polar surface area (TPSA) is 58.6 Å². The summed E-state index contributed by atoms with van der Waals surface area (Å²) in [4.78, 5) is 0. The van der Waals surface area contributed by atoms with Gasteiger partial charge < -0.3 is 5.32 Å². The fraction of sp³-hybridized carbons (Fsp3) is 0.333. The van der Waals surface area contributed by atoms with Crippen molar-refractivity contribution < 1.29 is 12.9 Å². The largest absolute Gasteiger partial charge is 0.388 e. The average molecular weight is 215 g/mol. The van der Waals surface area contributed by atoms with Crippen LogP contribution in [0.4, 0.5) is 5.69 Å². The van der Waals surface area contributed by atoms with Crippen LogP contribution in [0, 0.1) is 0 Å². The summed E-state index contributed by atoms with van der Waals surface area (Å²) in [7, 11) is 1.81. The van der Waals surface area contributed by atoms with E-state index in [1.165, 1.54) is 0 Å². The summed E-state index contributed by atoms with van der Waals surface area (Å²) < 4.78 is 23.7. The van der Waals surface area contributed by atoms with Crippen LogP contribution in [-0.4, -0.2) is 15.8 Å². The van der Waals surface area contributed by atoms with Gasteiger partial charge in [-0.3, -0.25) is 8.74 Å². The highest BCUT2D eigenvalue weighted by molar-refractivity contribution is 7.74. The van der Waals surface area contributed by atoms with E-state index in [0.29, 0.717) is 0 Å². The fourth-order valence-electron chi connectivity index (χ4n) is 1.13. The van der Waals surface area contributed by atoms with Crippen molar-refractivity contribution in [2.75, 3.05) is 12.4 Å². The molecule has 2 N–H and O–H groups in total. The monoisotopic (exact) mass is 215 g/mol. The van der Waals surface area contributed by atoms with E-state index in [4.69, 9.17) is 8.74 Å². The van der Waals surface area contributed by atoms with Gasteiger partial charge in [0.25, 0.3) is 0 Å². The molecule has 0 spiro atoms. The number of anilines is 1. The minimum atomic E-state index is -2.23. The quantitative estimate of drug-likeness (QED) is 0.754. The normalized spacial score (nSPS) is 14.8. The van der Waals surface area contributed by atoms with Crippen molar-refractivity contribution >= 4 is 17.0 Å². The van der Waals surface area contributed by atoms with E-state index >= 15 is 0 Å². The Labute approximate surface area is 85.8 Å². The van der Waals surface area contributed by atoms with Gasteiger partial charge in [-0.15, -0.1) is 0 Å². The molecule has 5 heteroatoms. The molecule has 0 aliphatic heterocycles. The molecule has 2 atom stereocenters. The SMILES string of the molecule is CNc1cccc(C(C)OS(=O)O)c1. The predicted molar refractivity (Wildman–Crippen MR) is 56.3 cm³/mol. The van der Waals surface area contributed by atoms with Crippen molar-refractivity contribution in [3.8, 4) is 0 Å². The van der Waals surface area contributed by atoms with Gasteiger partial charge in [-0.2, -0.15) is 4.21 Å². The van der Waals surface area contributed by atoms with Gasteiger partial charge in [0.2, 0.25) is 0 Å². The Kier molecular flexibility index (Phi) is 4.06. The van der Waals surface area contributed by atoms with Crippen molar-refractivity contribution in [3.63, 3.8) is 0 Å². The molecule has 0 saturated carbocycles. The second-order valence-corrected chi connectivity index (χ2v) is 3.46. The molecule has 0 aromatic heterocycles. The first-order valence-corrected chi connectivity index (χ1v) is 5.22. The summed E-state index contributed by atoms with van der Waals surface area (Å²) in [6.07, 6.45) is -0.394. The Morgan fingerprint density at radius 1 is 1.57 bits per heavy atom. The van der Waals surface area contributed by atoms with Crippen LogP contribution >= 0.6 is 0 Å². The van der Waals surface area contributed by atoms with Crippen LogP contribution in [0.2, 0.25) is 0 Å². The minimum absolute atomic E-state index is 0.394. The summed E-state index contributed by atoms with van der Waals surface area (Å²) in [5.74, 6) is 0. The molecule has 4 nitrogen and oxygen atoms in total. The molecular formula is C9H13NO3S. The smallest absolute Gasteiger partial charge is 0.302 e. The van der Waals surface area contributed by atoms with Gasteiger partial charge in [0.15, 0.2) is 0 Å². The fourth-order valence-corrected chi connectivity index (χ4v) is 1.48. The lowest BCUT2D eigenvalue weighted by Gasteiger charge is -2.10. The zero-order valence-electron chi connectivity index (χ0n) is 8.06. The highest BCUT2D eigenvalue weighted by Crippen LogP contribution is 2.20. The molecule has 78 valence electrons. The number of hydrogen-bond donors (Lipinski definition) is 2. The van der Waals surface area contributed by atoms with E-state index in [1.54, 1.807) is 6.92 Å². The minimum Gasteiger partial charge on any atom is -0.388 e. The maximum absolute atomic E-state index is 10.4. The summed E-state index contributed by atoms with van der Waals surface area (Å²) in [6, 6.07) is 7.49. The van der Waals surface area contributed by atoms with Crippen LogP contribution in [0.5, 0.6) is 0 Å². The highest BCUT2D eigenvalue weighted by atomic mass is 32.2. The van der Waals surface area contributed by atoms with Crippen LogP contribution in [0.25, 0.3) is 0 Å². The zero-order valence-corrected chi connectivity index (χ0v) is 8.88. The Bertz CT molecular complexity index is 330. The molecule has 2 unspecified atom stereocenters. The van der Waals surface area contributed by atoms with Crippen molar-refractivity contribution in [3.05, 3.63) is 29.8 Å². The molecule has 0 saturated heterocycles. The average Bonchev–Trinajstić information content (AvgIpc) is 2.17. The highest BCUT2D eigenvalue weighted by Gasteiger charge is 2.08. The van der Waals surface area contributed by atoms with Crippen molar-refractivity contribution in [2.45, 2.75) is 13.0 Å². The van der Waals surface area contributed by atoms with Gasteiger partial charge in [-0.05, 0) is 24.6 Å². The number of rotatable bonds is 4. The molecule has 1 aromatic rings. The summed E-state index contributed by atoms with van der Waals surface area (Å²) in [5.41, 5.74) is 1.81. The maximum Gasteiger partial charge on any atom is 0.302 e. The second-order valence-electron chi connectivity index (χ2n) is 2.83. The van der Waals surface area contributed by atoms with E-state index in [-0.39, 0.29) is 0 Å². The van der Waals surface area contributed by atoms with Crippen LogP contribution in [0.15, 0.2) is 24.3 Å². The van der Waals surface area contributed by atoms with Gasteiger partial charge >= 0.3 is 11.4 Å². The lowest BCUT2D eigenvalue weighted by atomic mass is 10.1. The van der Waals surface area contributed by atoms with Gasteiger partial charge in [0.1, 0.15) is 0 Å². The number of nitrogens with one attached hydrogen (secondary N) is 1. The van der Waals surface area contributed by atoms with Crippen LogP contribution in [0.1, 0.15) is 18.6 Å². The Balaban J connectivity index is 2.78. The van der Waals surface area contributed by atoms with Crippen molar-refractivity contribution in [2.24, 2.45) is 0 Å². The van der Waals surface area contributed by atoms with Crippen LogP contribution in [0.3, 0.4) is 0 Å². The third-order valence-electron chi connectivity index (χ3n) is 1.87. The van der Waals surface area contributed by atoms with Gasteiger partial charge in [0.05, 0.1) is 6.10 Å². The molecule has 0 fully saturated rings. The molecular weight excluding hydrogens is 202 g/mol. The van der Waals surface area contributed by atoms with Gasteiger partial charge in [-0.25, -0.2) is 0 Å². The molecule has 14 heavy (non-hydrogen) atoms. The molecule has 0 aliphatic rings. The van der Waals surface area contributed by atoms with Gasteiger partial charge in [-0.1, -0.05) is 12.1 Å². The van der Waals surface area contributed by atoms with E-state index < -0.39 is 17.5 Å². The lowest BCUT2D eigenvalue weighted by Crippen LogP contribution is -2.02. The first-order valence-electron chi connectivity index (χ1n) is 4.19. The Morgan fingerprint density at radius 2 is 2.29 bits per heavy atom. The van der Waals surface area contributed by atoms with E-state index in [1.807, 2.05) is 31.3 Å². The standard InChI is InChI=1S/C9H13NO3S/c1-7(13-14(11)12)8-4-3-5-9(6-8)10-2/h3-7,10H,1-2H3,(H,11,12). The van der Waals surface area contributed by atoms with Crippen LogP contribution < -0.4 is 5.32 Å². The molecule has 0 aliphatic carbocycles. The molecule has 0 bridgehead atoms. The van der Waals surface area contributed by atoms with Crippen molar-refractivity contribution in [1.29, 1.82) is 0 Å². The molecule has 0 amide bonds. The summed E-state index contributed by atoms with van der Waals surface area (Å²) >= 11 is -2.23. The Hall–Kier alpha value is -0.910.